The summed E-state index contributed by atoms with van der Waals surface area (Å²) < 4.78 is 0. The highest BCUT2D eigenvalue weighted by Crippen LogP contribution is 2.38. The van der Waals surface area contributed by atoms with E-state index in [1.54, 1.807) is 0 Å². The summed E-state index contributed by atoms with van der Waals surface area (Å²) in [7, 11) is 0. The number of likely N-dealkylation sites (tertiary alicyclic amines) is 2. The topological polar surface area (TPSA) is 43.8 Å². The Morgan fingerprint density at radius 1 is 1.36 bits per heavy atom. The third-order valence-corrected chi connectivity index (χ3v) is 3.44. The number of hydrogen-bond donors (Lipinski definition) is 1. The largest absolute Gasteiger partial charge is 0.480 e. The Kier molecular flexibility index (Phi) is 2.49. The van der Waals surface area contributed by atoms with E-state index >= 15 is 0 Å². The first kappa shape index (κ1) is 9.93. The molecule has 0 aliphatic carbocycles. The lowest BCUT2D eigenvalue weighted by Gasteiger charge is -2.47. The molecule has 4 heteroatoms. The van der Waals surface area contributed by atoms with Gasteiger partial charge in [-0.3, -0.25) is 9.69 Å². The van der Waals surface area contributed by atoms with Gasteiger partial charge in [-0.05, 0) is 19.5 Å². The average molecular weight is 198 g/mol. The number of rotatable bonds is 3. The molecule has 80 valence electrons. The maximum atomic E-state index is 10.5. The highest BCUT2D eigenvalue weighted by Gasteiger charge is 2.46. The maximum absolute atomic E-state index is 10.5. The van der Waals surface area contributed by atoms with Crippen LogP contribution >= 0.6 is 0 Å². The minimum Gasteiger partial charge on any atom is -0.480 e. The van der Waals surface area contributed by atoms with Crippen molar-refractivity contribution in [1.82, 2.24) is 9.80 Å². The van der Waals surface area contributed by atoms with Crippen molar-refractivity contribution in [3.63, 3.8) is 0 Å². The van der Waals surface area contributed by atoms with E-state index in [1.165, 1.54) is 19.5 Å². The molecule has 0 aromatic heterocycles. The highest BCUT2D eigenvalue weighted by molar-refractivity contribution is 5.69. The van der Waals surface area contributed by atoms with Crippen LogP contribution < -0.4 is 0 Å². The first-order valence-corrected chi connectivity index (χ1v) is 5.30. The van der Waals surface area contributed by atoms with Crippen LogP contribution in [0, 0.1) is 5.41 Å². The van der Waals surface area contributed by atoms with Gasteiger partial charge >= 0.3 is 5.97 Å². The zero-order valence-electron chi connectivity index (χ0n) is 8.70. The second-order valence-corrected chi connectivity index (χ2v) is 4.66. The van der Waals surface area contributed by atoms with Gasteiger partial charge in [-0.1, -0.05) is 6.92 Å². The molecule has 0 amide bonds. The Morgan fingerprint density at radius 3 is 2.57 bits per heavy atom. The smallest absolute Gasteiger partial charge is 0.317 e. The molecule has 1 N–H and O–H groups in total. The van der Waals surface area contributed by atoms with E-state index in [2.05, 4.69) is 16.7 Å². The zero-order chi connectivity index (χ0) is 10.2. The second kappa shape index (κ2) is 3.51. The molecule has 0 radical (unpaired) electrons. The van der Waals surface area contributed by atoms with Gasteiger partial charge in [0.1, 0.15) is 0 Å². The normalized spacial score (nSPS) is 26.6. The zero-order valence-corrected chi connectivity index (χ0v) is 8.70. The number of aliphatic carboxylic acids is 1. The van der Waals surface area contributed by atoms with Crippen LogP contribution in [0.1, 0.15) is 13.3 Å². The summed E-state index contributed by atoms with van der Waals surface area (Å²) in [4.78, 5) is 15.0. The van der Waals surface area contributed by atoms with Gasteiger partial charge in [0.05, 0.1) is 6.54 Å². The predicted octanol–water partition coefficient (Wildman–Crippen LogP) is 0.0986. The molecule has 14 heavy (non-hydrogen) atoms. The summed E-state index contributed by atoms with van der Waals surface area (Å²) in [6.45, 7) is 7.80. The van der Waals surface area contributed by atoms with Crippen LogP contribution in [0.2, 0.25) is 0 Å². The SMILES string of the molecule is CCN1CC2(CCN(CC(=O)O)C2)C1. The lowest BCUT2D eigenvalue weighted by molar-refractivity contribution is -0.138. The van der Waals surface area contributed by atoms with Crippen LogP contribution in [-0.2, 0) is 4.79 Å². The first-order chi connectivity index (χ1) is 6.63. The van der Waals surface area contributed by atoms with Gasteiger partial charge in [0.25, 0.3) is 0 Å². The Hall–Kier alpha value is -0.610. The molecule has 0 aromatic rings. The molecule has 2 heterocycles. The highest BCUT2D eigenvalue weighted by atomic mass is 16.4. The number of nitrogens with zero attached hydrogens (tertiary/aromatic N) is 2. The maximum Gasteiger partial charge on any atom is 0.317 e. The number of carboxylic acids is 1. The molecule has 2 saturated heterocycles. The summed E-state index contributed by atoms with van der Waals surface area (Å²) in [5.41, 5.74) is 0.436. The van der Waals surface area contributed by atoms with Crippen LogP contribution in [0.25, 0.3) is 0 Å². The van der Waals surface area contributed by atoms with Crippen molar-refractivity contribution in [2.24, 2.45) is 5.41 Å². The van der Waals surface area contributed by atoms with E-state index in [0.29, 0.717) is 5.41 Å². The second-order valence-electron chi connectivity index (χ2n) is 4.66. The Balaban J connectivity index is 1.81. The van der Waals surface area contributed by atoms with Gasteiger partial charge in [-0.25, -0.2) is 0 Å². The molecular formula is C10H18N2O2. The van der Waals surface area contributed by atoms with Gasteiger partial charge in [0.15, 0.2) is 0 Å². The van der Waals surface area contributed by atoms with Gasteiger partial charge < -0.3 is 10.0 Å². The molecule has 0 bridgehead atoms. The van der Waals surface area contributed by atoms with Crippen molar-refractivity contribution in [2.45, 2.75) is 13.3 Å². The third kappa shape index (κ3) is 1.77. The molecule has 2 aliphatic heterocycles. The van der Waals surface area contributed by atoms with Gasteiger partial charge in [0, 0.05) is 25.0 Å². The minimum absolute atomic E-state index is 0.216. The van der Waals surface area contributed by atoms with Crippen molar-refractivity contribution >= 4 is 5.97 Å². The van der Waals surface area contributed by atoms with Crippen LogP contribution in [0.4, 0.5) is 0 Å². The van der Waals surface area contributed by atoms with Crippen molar-refractivity contribution < 1.29 is 9.90 Å². The standard InChI is InChI=1S/C10H18N2O2/c1-2-11-6-10(7-11)3-4-12(8-10)5-9(13)14/h2-8H2,1H3,(H,13,14). The number of carbonyl (C=O) groups is 1. The molecule has 1 spiro atoms. The van der Waals surface area contributed by atoms with E-state index < -0.39 is 5.97 Å². The molecule has 0 atom stereocenters. The Morgan fingerprint density at radius 2 is 2.00 bits per heavy atom. The number of hydrogen-bond acceptors (Lipinski definition) is 3. The Bertz CT molecular complexity index is 236. The quantitative estimate of drug-likeness (QED) is 0.698. The molecule has 2 aliphatic rings. The van der Waals surface area contributed by atoms with Gasteiger partial charge in [-0.2, -0.15) is 0 Å². The molecule has 2 rings (SSSR count). The predicted molar refractivity (Wildman–Crippen MR) is 53.2 cm³/mol. The first-order valence-electron chi connectivity index (χ1n) is 5.30. The summed E-state index contributed by atoms with van der Waals surface area (Å²) >= 11 is 0. The van der Waals surface area contributed by atoms with Crippen LogP contribution in [-0.4, -0.2) is 60.1 Å². The molecule has 2 fully saturated rings. The fourth-order valence-corrected chi connectivity index (χ4v) is 2.74. The third-order valence-electron chi connectivity index (χ3n) is 3.44. The van der Waals surface area contributed by atoms with E-state index in [4.69, 9.17) is 5.11 Å². The monoisotopic (exact) mass is 198 g/mol. The minimum atomic E-state index is -0.700. The summed E-state index contributed by atoms with van der Waals surface area (Å²) in [6.07, 6.45) is 1.18. The summed E-state index contributed by atoms with van der Waals surface area (Å²) in [5.74, 6) is -0.700. The molecule has 0 saturated carbocycles. The fourth-order valence-electron chi connectivity index (χ4n) is 2.74. The van der Waals surface area contributed by atoms with Crippen molar-refractivity contribution in [3.8, 4) is 0 Å². The van der Waals surface area contributed by atoms with Crippen LogP contribution in [0.5, 0.6) is 0 Å². The summed E-state index contributed by atoms with van der Waals surface area (Å²) in [5, 5.41) is 8.68. The van der Waals surface area contributed by atoms with E-state index in [-0.39, 0.29) is 6.54 Å². The van der Waals surface area contributed by atoms with Crippen molar-refractivity contribution in [2.75, 3.05) is 39.3 Å². The molecular weight excluding hydrogens is 180 g/mol. The number of carboxylic acid groups (broad SMARTS) is 1. The van der Waals surface area contributed by atoms with E-state index in [9.17, 15) is 4.79 Å². The molecule has 0 aromatic carbocycles. The summed E-state index contributed by atoms with van der Waals surface area (Å²) in [6, 6.07) is 0. The van der Waals surface area contributed by atoms with Gasteiger partial charge in [-0.15, -0.1) is 0 Å². The molecule has 0 unspecified atom stereocenters. The van der Waals surface area contributed by atoms with E-state index in [0.717, 1.165) is 19.6 Å². The van der Waals surface area contributed by atoms with Crippen LogP contribution in [0.15, 0.2) is 0 Å². The van der Waals surface area contributed by atoms with Gasteiger partial charge in [0.2, 0.25) is 0 Å². The lowest BCUT2D eigenvalue weighted by atomic mass is 9.79. The van der Waals surface area contributed by atoms with E-state index in [1.807, 2.05) is 0 Å². The van der Waals surface area contributed by atoms with Crippen molar-refractivity contribution in [1.29, 1.82) is 0 Å². The fraction of sp³-hybridized carbons (Fsp3) is 0.900. The average Bonchev–Trinajstić information content (AvgIpc) is 2.44. The van der Waals surface area contributed by atoms with Crippen LogP contribution in [0.3, 0.4) is 0 Å². The Labute approximate surface area is 84.5 Å². The molecule has 4 nitrogen and oxygen atoms in total. The lowest BCUT2D eigenvalue weighted by Crippen LogP contribution is -2.57. The van der Waals surface area contributed by atoms with Crippen molar-refractivity contribution in [3.05, 3.63) is 0 Å².